The first kappa shape index (κ1) is 15.1. The van der Waals surface area contributed by atoms with Crippen molar-refractivity contribution in [3.63, 3.8) is 0 Å². The van der Waals surface area contributed by atoms with Crippen LogP contribution >= 0.6 is 34.8 Å². The molecule has 0 atom stereocenters. The van der Waals surface area contributed by atoms with E-state index in [0.29, 0.717) is 12.2 Å². The van der Waals surface area contributed by atoms with E-state index in [2.05, 4.69) is 0 Å². The number of unbranched alkanes of at least 4 members (excludes halogenated alkanes) is 1. The van der Waals surface area contributed by atoms with Gasteiger partial charge in [0.05, 0.1) is 0 Å². The highest BCUT2D eigenvalue weighted by atomic mass is 35.6. The third kappa shape index (κ3) is 7.04. The van der Waals surface area contributed by atoms with Gasteiger partial charge in [-0.15, -0.1) is 0 Å². The average molecular weight is 274 g/mol. The van der Waals surface area contributed by atoms with Crippen molar-refractivity contribution in [3.8, 4) is 0 Å². The maximum Gasteiger partial charge on any atom is 0.363 e. The van der Waals surface area contributed by atoms with E-state index in [1.807, 2.05) is 19.9 Å². The largest absolute Gasteiger partial charge is 0.428 e. The monoisotopic (exact) mass is 272 g/mol. The van der Waals surface area contributed by atoms with Crippen molar-refractivity contribution in [2.75, 3.05) is 0 Å². The molecule has 0 aromatic heterocycles. The lowest BCUT2D eigenvalue weighted by Crippen LogP contribution is -2.21. The van der Waals surface area contributed by atoms with Crippen molar-refractivity contribution in [1.29, 1.82) is 0 Å². The number of ether oxygens (including phenoxy) is 1. The van der Waals surface area contributed by atoms with E-state index in [-0.39, 0.29) is 0 Å². The molecule has 0 aromatic rings. The minimum Gasteiger partial charge on any atom is -0.428 e. The van der Waals surface area contributed by atoms with Gasteiger partial charge in [0, 0.05) is 6.42 Å². The minimum atomic E-state index is -2.00. The molecule has 0 aliphatic rings. The van der Waals surface area contributed by atoms with Crippen LogP contribution in [0.15, 0.2) is 11.8 Å². The van der Waals surface area contributed by atoms with Crippen LogP contribution in [-0.4, -0.2) is 9.76 Å². The Bertz CT molecular complexity index is 231. The Hall–Kier alpha value is 0.0800. The summed E-state index contributed by atoms with van der Waals surface area (Å²) in [5, 5.41) is 0. The van der Waals surface area contributed by atoms with Crippen molar-refractivity contribution in [2.24, 2.45) is 0 Å². The Labute approximate surface area is 106 Å². The number of esters is 1. The predicted octanol–water partition coefficient (Wildman–Crippen LogP) is 4.38. The molecule has 0 spiro atoms. The van der Waals surface area contributed by atoms with Crippen LogP contribution in [0.2, 0.25) is 0 Å². The lowest BCUT2D eigenvalue weighted by Gasteiger charge is -2.12. The summed E-state index contributed by atoms with van der Waals surface area (Å²) < 4.78 is 2.98. The predicted molar refractivity (Wildman–Crippen MR) is 64.3 cm³/mol. The molecule has 2 nitrogen and oxygen atoms in total. The Kier molecular flexibility index (Phi) is 7.41. The van der Waals surface area contributed by atoms with Gasteiger partial charge in [-0.3, -0.25) is 0 Å². The van der Waals surface area contributed by atoms with Gasteiger partial charge < -0.3 is 4.74 Å². The summed E-state index contributed by atoms with van der Waals surface area (Å²) in [7, 11) is 0. The fraction of sp³-hybridized carbons (Fsp3) is 0.700. The second-order valence-corrected chi connectivity index (χ2v) is 5.38. The Morgan fingerprint density at radius 1 is 1.27 bits per heavy atom. The van der Waals surface area contributed by atoms with E-state index in [1.165, 1.54) is 0 Å². The Morgan fingerprint density at radius 3 is 2.27 bits per heavy atom. The average Bonchev–Trinajstić information content (AvgIpc) is 2.13. The Morgan fingerprint density at radius 2 is 1.87 bits per heavy atom. The molecule has 0 rings (SSSR count). The minimum absolute atomic E-state index is 0.579. The fourth-order valence-electron chi connectivity index (χ4n) is 0.923. The summed E-state index contributed by atoms with van der Waals surface area (Å²) in [5.41, 5.74) is 0. The number of rotatable bonds is 5. The number of carbonyl (C=O) groups is 1. The van der Waals surface area contributed by atoms with Crippen molar-refractivity contribution in [3.05, 3.63) is 11.8 Å². The standard InChI is InChI=1S/C10H15Cl3O2/c1-3-5-7-8(6-4-2)15-9(14)10(11,12)13/h7H,3-6H2,1-2H3/b8-7+. The Balaban J connectivity index is 4.35. The molecule has 0 aromatic carbocycles. The van der Waals surface area contributed by atoms with Gasteiger partial charge in [-0.05, 0) is 18.9 Å². The maximum atomic E-state index is 11.3. The number of hydrogen-bond acceptors (Lipinski definition) is 2. The van der Waals surface area contributed by atoms with Gasteiger partial charge in [0.2, 0.25) is 0 Å². The molecule has 0 fully saturated rings. The molecule has 0 aliphatic heterocycles. The van der Waals surface area contributed by atoms with Crippen LogP contribution in [-0.2, 0) is 9.53 Å². The highest BCUT2D eigenvalue weighted by Gasteiger charge is 2.33. The zero-order valence-corrected chi connectivity index (χ0v) is 11.1. The zero-order chi connectivity index (χ0) is 11.9. The summed E-state index contributed by atoms with van der Waals surface area (Å²) >= 11 is 16.2. The zero-order valence-electron chi connectivity index (χ0n) is 8.86. The highest BCUT2D eigenvalue weighted by Crippen LogP contribution is 2.29. The van der Waals surface area contributed by atoms with Crippen molar-refractivity contribution in [1.82, 2.24) is 0 Å². The molecule has 0 radical (unpaired) electrons. The smallest absolute Gasteiger partial charge is 0.363 e. The molecule has 0 amide bonds. The van der Waals surface area contributed by atoms with Crippen LogP contribution in [0, 0.1) is 0 Å². The molecule has 0 unspecified atom stereocenters. The summed E-state index contributed by atoms with van der Waals surface area (Å²) in [4.78, 5) is 11.3. The number of allylic oxidation sites excluding steroid dienone is 2. The van der Waals surface area contributed by atoms with E-state index >= 15 is 0 Å². The number of alkyl halides is 3. The van der Waals surface area contributed by atoms with Gasteiger partial charge in [-0.25, -0.2) is 4.79 Å². The maximum absolute atomic E-state index is 11.3. The van der Waals surface area contributed by atoms with Crippen molar-refractivity contribution >= 4 is 40.8 Å². The van der Waals surface area contributed by atoms with E-state index in [1.54, 1.807) is 0 Å². The van der Waals surface area contributed by atoms with Gasteiger partial charge in [0.25, 0.3) is 3.79 Å². The third-order valence-electron chi connectivity index (χ3n) is 1.61. The molecule has 88 valence electrons. The quantitative estimate of drug-likeness (QED) is 0.422. The van der Waals surface area contributed by atoms with Crippen LogP contribution in [0.1, 0.15) is 39.5 Å². The van der Waals surface area contributed by atoms with Crippen LogP contribution in [0.4, 0.5) is 0 Å². The van der Waals surface area contributed by atoms with Crippen LogP contribution in [0.5, 0.6) is 0 Å². The fourth-order valence-corrected chi connectivity index (χ4v) is 1.04. The van der Waals surface area contributed by atoms with Gasteiger partial charge in [0.15, 0.2) is 0 Å². The molecular weight excluding hydrogens is 258 g/mol. The summed E-state index contributed by atoms with van der Waals surface area (Å²) in [6.45, 7) is 4.03. The van der Waals surface area contributed by atoms with E-state index in [4.69, 9.17) is 39.5 Å². The lowest BCUT2D eigenvalue weighted by atomic mass is 10.2. The molecule has 0 bridgehead atoms. The van der Waals surface area contributed by atoms with Crippen molar-refractivity contribution < 1.29 is 9.53 Å². The molecule has 0 aliphatic carbocycles. The first-order valence-electron chi connectivity index (χ1n) is 4.89. The molecule has 0 saturated heterocycles. The van der Waals surface area contributed by atoms with Crippen LogP contribution in [0.25, 0.3) is 0 Å². The molecule has 15 heavy (non-hydrogen) atoms. The summed E-state index contributed by atoms with van der Waals surface area (Å²) in [5.74, 6) is -0.265. The number of halogens is 3. The first-order valence-corrected chi connectivity index (χ1v) is 6.03. The number of carbonyl (C=O) groups excluding carboxylic acids is 1. The molecule has 5 heteroatoms. The van der Waals surface area contributed by atoms with E-state index < -0.39 is 9.76 Å². The van der Waals surface area contributed by atoms with Crippen LogP contribution in [0.3, 0.4) is 0 Å². The molecule has 0 saturated carbocycles. The molecule has 0 heterocycles. The normalized spacial score (nSPS) is 12.7. The van der Waals surface area contributed by atoms with Gasteiger partial charge in [-0.1, -0.05) is 55.1 Å². The summed E-state index contributed by atoms with van der Waals surface area (Å²) in [6, 6.07) is 0. The third-order valence-corrected chi connectivity index (χ3v) is 2.08. The van der Waals surface area contributed by atoms with Gasteiger partial charge in [-0.2, -0.15) is 0 Å². The first-order chi connectivity index (χ1) is 6.91. The van der Waals surface area contributed by atoms with Crippen LogP contribution < -0.4 is 0 Å². The van der Waals surface area contributed by atoms with E-state index in [0.717, 1.165) is 19.3 Å². The topological polar surface area (TPSA) is 26.3 Å². The molecular formula is C10H15Cl3O2. The molecule has 0 N–H and O–H groups in total. The number of hydrogen-bond donors (Lipinski definition) is 0. The van der Waals surface area contributed by atoms with Crippen molar-refractivity contribution in [2.45, 2.75) is 43.3 Å². The SMILES string of the molecule is CCC/C=C(\CCC)OC(=O)C(Cl)(Cl)Cl. The van der Waals surface area contributed by atoms with Gasteiger partial charge >= 0.3 is 5.97 Å². The van der Waals surface area contributed by atoms with E-state index in [9.17, 15) is 4.79 Å². The second-order valence-electron chi connectivity index (χ2n) is 3.10. The van der Waals surface area contributed by atoms with Gasteiger partial charge in [0.1, 0.15) is 5.76 Å². The highest BCUT2D eigenvalue weighted by molar-refractivity contribution is 6.75. The summed E-state index contributed by atoms with van der Waals surface area (Å²) in [6.07, 6.45) is 5.24. The lowest BCUT2D eigenvalue weighted by molar-refractivity contribution is -0.138. The second kappa shape index (κ2) is 7.37.